The molecule has 41 heavy (non-hydrogen) atoms. The summed E-state index contributed by atoms with van der Waals surface area (Å²) in [4.78, 5) is 43.9. The number of hydrogen-bond acceptors (Lipinski definition) is 6. The number of rotatable bonds is 5. The smallest absolute Gasteiger partial charge is 0.410 e. The summed E-state index contributed by atoms with van der Waals surface area (Å²) in [6.07, 6.45) is 7.67. The van der Waals surface area contributed by atoms with Gasteiger partial charge in [-0.25, -0.2) is 9.59 Å². The molecule has 0 aromatic carbocycles. The summed E-state index contributed by atoms with van der Waals surface area (Å²) in [6, 6.07) is 1.59. The number of hydrogen-bond donors (Lipinski definition) is 1. The molecule has 2 amide bonds. The highest BCUT2D eigenvalue weighted by Crippen LogP contribution is 2.39. The molecule has 0 bridgehead atoms. The summed E-state index contributed by atoms with van der Waals surface area (Å²) in [5, 5.41) is 10.1. The molecule has 2 saturated carbocycles. The van der Waals surface area contributed by atoms with Crippen molar-refractivity contribution >= 4 is 35.0 Å². The predicted molar refractivity (Wildman–Crippen MR) is 158 cm³/mol. The zero-order chi connectivity index (χ0) is 29.3. The molecule has 0 unspecified atom stereocenters. The maximum atomic E-state index is 14.1. The van der Waals surface area contributed by atoms with Crippen LogP contribution in [0.15, 0.2) is 6.07 Å². The third kappa shape index (κ3) is 6.91. The van der Waals surface area contributed by atoms with Crippen molar-refractivity contribution in [3.8, 4) is 11.8 Å². The second-order valence-electron chi connectivity index (χ2n) is 13.4. The highest BCUT2D eigenvalue weighted by Gasteiger charge is 2.44. The molecule has 2 saturated heterocycles. The van der Waals surface area contributed by atoms with Crippen LogP contribution in [0.1, 0.15) is 100 Å². The van der Waals surface area contributed by atoms with Gasteiger partial charge in [-0.1, -0.05) is 25.2 Å². The standard InChI is InChI=1S/C32H44N2O6S/c1-20-8-10-21(11-9-20)29(35)34(25-18-23(12-15-32(2,3)4)41-28(25)30(36)37)22-13-16-33(17-14-22)31(38)40-27-19-39-26-7-5-6-24(26)27/h18,20-22,24,26-27H,5-11,13-14,16-17,19H2,1-4H3,(H,36,37)/t20?,21?,24-,26+,27+/m1/s1. The van der Waals surface area contributed by atoms with Crippen LogP contribution in [0.2, 0.25) is 0 Å². The highest BCUT2D eigenvalue weighted by molar-refractivity contribution is 7.15. The SMILES string of the molecule is CC1CCC(C(=O)N(c2cc(C#CC(C)(C)C)sc2C(=O)O)C2CCN(C(=O)O[C@H]3CO[C@H]4CCC[C@H]43)CC2)CC1. The third-order valence-electron chi connectivity index (χ3n) is 9.13. The minimum atomic E-state index is -1.05. The van der Waals surface area contributed by atoms with E-state index in [1.807, 2.05) is 20.8 Å². The largest absolute Gasteiger partial charge is 0.477 e. The van der Waals surface area contributed by atoms with Crippen molar-refractivity contribution in [3.05, 3.63) is 15.8 Å². The van der Waals surface area contributed by atoms with Crippen LogP contribution in [-0.2, 0) is 14.3 Å². The van der Waals surface area contributed by atoms with Crippen LogP contribution in [0.5, 0.6) is 0 Å². The molecule has 2 aliphatic heterocycles. The van der Waals surface area contributed by atoms with Gasteiger partial charge in [0.2, 0.25) is 5.91 Å². The van der Waals surface area contributed by atoms with Crippen molar-refractivity contribution < 1.29 is 29.0 Å². The fourth-order valence-corrected chi connectivity index (χ4v) is 7.63. The number of nitrogens with zero attached hydrogens (tertiary/aromatic N) is 2. The van der Waals surface area contributed by atoms with Gasteiger partial charge < -0.3 is 24.4 Å². The monoisotopic (exact) mass is 584 g/mol. The Morgan fingerprint density at radius 2 is 1.78 bits per heavy atom. The van der Waals surface area contributed by atoms with Gasteiger partial charge in [0.1, 0.15) is 11.0 Å². The maximum absolute atomic E-state index is 14.1. The van der Waals surface area contributed by atoms with Crippen molar-refractivity contribution in [2.24, 2.45) is 23.2 Å². The number of thiophene rings is 1. The summed E-state index contributed by atoms with van der Waals surface area (Å²) in [7, 11) is 0. The first-order valence-corrected chi connectivity index (χ1v) is 16.1. The number of carbonyl (C=O) groups excluding carboxylic acids is 2. The van der Waals surface area contributed by atoms with Crippen molar-refractivity contribution in [2.45, 2.75) is 104 Å². The summed E-state index contributed by atoms with van der Waals surface area (Å²) >= 11 is 1.13. The Morgan fingerprint density at radius 3 is 2.44 bits per heavy atom. The van der Waals surface area contributed by atoms with Gasteiger partial charge in [0.25, 0.3) is 0 Å². The molecular weight excluding hydrogens is 540 g/mol. The predicted octanol–water partition coefficient (Wildman–Crippen LogP) is 6.17. The lowest BCUT2D eigenvalue weighted by Gasteiger charge is -2.40. The van der Waals surface area contributed by atoms with E-state index in [2.05, 4.69) is 18.8 Å². The van der Waals surface area contributed by atoms with Crippen molar-refractivity contribution in [2.75, 3.05) is 24.6 Å². The molecule has 1 aromatic heterocycles. The quantitative estimate of drug-likeness (QED) is 0.416. The second kappa shape index (κ2) is 12.3. The van der Waals surface area contributed by atoms with Crippen LogP contribution in [0.3, 0.4) is 0 Å². The Balaban J connectivity index is 1.34. The zero-order valence-corrected chi connectivity index (χ0v) is 25.6. The molecule has 5 rings (SSSR count). The normalized spacial score (nSPS) is 28.5. The van der Waals surface area contributed by atoms with Gasteiger partial charge in [-0.05, 0) is 84.1 Å². The summed E-state index contributed by atoms with van der Waals surface area (Å²) in [5.74, 6) is 6.06. The van der Waals surface area contributed by atoms with Crippen LogP contribution in [0.4, 0.5) is 10.5 Å². The molecule has 1 N–H and O–H groups in total. The molecule has 2 aliphatic carbocycles. The Hall–Kier alpha value is -2.57. The van der Waals surface area contributed by atoms with E-state index in [0.717, 1.165) is 56.3 Å². The van der Waals surface area contributed by atoms with E-state index in [4.69, 9.17) is 9.47 Å². The van der Waals surface area contributed by atoms with Crippen LogP contribution >= 0.6 is 11.3 Å². The lowest BCUT2D eigenvalue weighted by Crippen LogP contribution is -2.51. The molecule has 3 heterocycles. The minimum Gasteiger partial charge on any atom is -0.477 e. The zero-order valence-electron chi connectivity index (χ0n) is 24.8. The van der Waals surface area contributed by atoms with Gasteiger partial charge in [0, 0.05) is 36.4 Å². The van der Waals surface area contributed by atoms with Crippen LogP contribution in [-0.4, -0.2) is 65.9 Å². The lowest BCUT2D eigenvalue weighted by atomic mass is 9.82. The fraction of sp³-hybridized carbons (Fsp3) is 0.719. The van der Waals surface area contributed by atoms with Crippen LogP contribution in [0.25, 0.3) is 0 Å². The van der Waals surface area contributed by atoms with E-state index in [1.165, 1.54) is 0 Å². The van der Waals surface area contributed by atoms with Gasteiger partial charge in [-0.15, -0.1) is 11.3 Å². The van der Waals surface area contributed by atoms with Gasteiger partial charge >= 0.3 is 12.1 Å². The van der Waals surface area contributed by atoms with Crippen molar-refractivity contribution in [1.82, 2.24) is 4.90 Å². The first-order chi connectivity index (χ1) is 19.5. The maximum Gasteiger partial charge on any atom is 0.410 e. The molecule has 3 atom stereocenters. The van der Waals surface area contributed by atoms with E-state index in [9.17, 15) is 19.5 Å². The van der Waals surface area contributed by atoms with Crippen LogP contribution in [0, 0.1) is 35.0 Å². The van der Waals surface area contributed by atoms with E-state index in [0.29, 0.717) is 54.9 Å². The first-order valence-electron chi connectivity index (χ1n) is 15.3. The number of piperidine rings is 1. The average molecular weight is 585 g/mol. The fourth-order valence-electron chi connectivity index (χ4n) is 6.78. The highest BCUT2D eigenvalue weighted by atomic mass is 32.1. The third-order valence-corrected chi connectivity index (χ3v) is 10.2. The average Bonchev–Trinajstić information content (AvgIpc) is 3.66. The molecule has 8 nitrogen and oxygen atoms in total. The van der Waals surface area contributed by atoms with E-state index in [1.54, 1.807) is 15.9 Å². The van der Waals surface area contributed by atoms with Gasteiger partial charge in [-0.3, -0.25) is 4.79 Å². The Kier molecular flexibility index (Phi) is 9.01. The molecule has 0 radical (unpaired) electrons. The Bertz CT molecular complexity index is 1190. The van der Waals surface area contributed by atoms with E-state index in [-0.39, 0.29) is 46.5 Å². The molecule has 0 spiro atoms. The molecular formula is C32H44N2O6S. The second-order valence-corrected chi connectivity index (χ2v) is 14.5. The molecule has 4 aliphatic rings. The van der Waals surface area contributed by atoms with E-state index < -0.39 is 5.97 Å². The molecule has 224 valence electrons. The molecule has 4 fully saturated rings. The van der Waals surface area contributed by atoms with E-state index >= 15 is 0 Å². The van der Waals surface area contributed by atoms with Crippen molar-refractivity contribution in [1.29, 1.82) is 0 Å². The number of anilines is 1. The minimum absolute atomic E-state index is 0.00365. The molecule has 9 heteroatoms. The lowest BCUT2D eigenvalue weighted by molar-refractivity contribution is -0.124. The Labute approximate surface area is 247 Å². The van der Waals surface area contributed by atoms with Gasteiger partial charge in [-0.2, -0.15) is 0 Å². The van der Waals surface area contributed by atoms with Gasteiger partial charge in [0.05, 0.1) is 23.3 Å². The molecule has 1 aromatic rings. The topological polar surface area (TPSA) is 96.4 Å². The first kappa shape index (κ1) is 29.9. The summed E-state index contributed by atoms with van der Waals surface area (Å²) in [6.45, 7) is 9.64. The number of ether oxygens (including phenoxy) is 2. The summed E-state index contributed by atoms with van der Waals surface area (Å²) in [5.41, 5.74) is 0.216. The number of aromatic carboxylic acids is 1. The number of amides is 2. The number of carboxylic acid groups (broad SMARTS) is 1. The van der Waals surface area contributed by atoms with Crippen LogP contribution < -0.4 is 4.90 Å². The van der Waals surface area contributed by atoms with Gasteiger partial charge in [0.15, 0.2) is 0 Å². The number of fused-ring (bicyclic) bond motifs is 1. The number of likely N-dealkylation sites (tertiary alicyclic amines) is 1. The summed E-state index contributed by atoms with van der Waals surface area (Å²) < 4.78 is 11.7. The number of carboxylic acids is 1. The van der Waals surface area contributed by atoms with Crippen molar-refractivity contribution in [3.63, 3.8) is 0 Å². The Morgan fingerprint density at radius 1 is 1.07 bits per heavy atom. The number of carbonyl (C=O) groups is 3.